The lowest BCUT2D eigenvalue weighted by Gasteiger charge is -2.07. The van der Waals surface area contributed by atoms with E-state index in [2.05, 4.69) is 10.6 Å². The molecule has 1 aliphatic rings. The van der Waals surface area contributed by atoms with E-state index in [1.54, 1.807) is 24.3 Å². The number of nitrogens with one attached hydrogen (secondary N) is 2. The number of rotatable bonds is 5. The van der Waals surface area contributed by atoms with Crippen LogP contribution in [0.3, 0.4) is 0 Å². The minimum Gasteiger partial charge on any atom is -0.454 e. The monoisotopic (exact) mass is 375 g/mol. The summed E-state index contributed by atoms with van der Waals surface area (Å²) in [4.78, 5) is 12.1. The van der Waals surface area contributed by atoms with Gasteiger partial charge in [0.25, 0.3) is 5.91 Å². The first-order chi connectivity index (χ1) is 13.0. The highest BCUT2D eigenvalue weighted by molar-refractivity contribution is 5.97. The summed E-state index contributed by atoms with van der Waals surface area (Å²) in [7, 11) is 0. The molecule has 6 nitrogen and oxygen atoms in total. The molecule has 0 atom stereocenters. The lowest BCUT2D eigenvalue weighted by Crippen LogP contribution is -2.24. The van der Waals surface area contributed by atoms with Crippen LogP contribution in [0, 0.1) is 28.8 Å². The Morgan fingerprint density at radius 1 is 1.15 bits per heavy atom. The number of hydrogen-bond donors (Lipinski definition) is 2. The summed E-state index contributed by atoms with van der Waals surface area (Å²) in [5, 5.41) is 13.9. The molecule has 3 rings (SSSR count). The minimum atomic E-state index is -1.65. The first kappa shape index (κ1) is 18.1. The van der Waals surface area contributed by atoms with Gasteiger partial charge in [0.05, 0.1) is 5.69 Å². The first-order valence-electron chi connectivity index (χ1n) is 7.66. The van der Waals surface area contributed by atoms with E-state index in [1.807, 2.05) is 0 Å². The molecule has 0 aliphatic carbocycles. The second kappa shape index (κ2) is 7.70. The molecule has 0 radical (unpaired) electrons. The van der Waals surface area contributed by atoms with E-state index in [4.69, 9.17) is 14.7 Å². The van der Waals surface area contributed by atoms with Gasteiger partial charge in [-0.25, -0.2) is 13.2 Å². The maximum atomic E-state index is 13.6. The largest absolute Gasteiger partial charge is 0.454 e. The van der Waals surface area contributed by atoms with Crippen LogP contribution < -0.4 is 20.1 Å². The average Bonchev–Trinajstić information content (AvgIpc) is 3.14. The van der Waals surface area contributed by atoms with Crippen molar-refractivity contribution >= 4 is 11.6 Å². The number of amides is 1. The molecule has 0 bridgehead atoms. The standard InChI is InChI=1S/C18H12F3N3O3/c19-12-2-3-13(17(21)16(12)20)23-8-11(6-22)18(25)24-7-10-1-4-14-15(5-10)27-9-26-14/h1-5,8,23H,7,9H2,(H,24,25)/b11-8-. The van der Waals surface area contributed by atoms with E-state index in [9.17, 15) is 18.0 Å². The zero-order valence-corrected chi connectivity index (χ0v) is 13.7. The summed E-state index contributed by atoms with van der Waals surface area (Å²) in [6.45, 7) is 0.229. The third kappa shape index (κ3) is 3.95. The van der Waals surface area contributed by atoms with Gasteiger partial charge in [0.15, 0.2) is 29.0 Å². The fourth-order valence-corrected chi connectivity index (χ4v) is 2.26. The molecular formula is C18H12F3N3O3. The Kier molecular flexibility index (Phi) is 5.17. The number of halogens is 3. The van der Waals surface area contributed by atoms with E-state index in [0.29, 0.717) is 17.1 Å². The first-order valence-corrected chi connectivity index (χ1v) is 7.66. The van der Waals surface area contributed by atoms with E-state index < -0.39 is 29.0 Å². The van der Waals surface area contributed by atoms with Gasteiger partial charge in [0.1, 0.15) is 11.6 Å². The van der Waals surface area contributed by atoms with Gasteiger partial charge in [0, 0.05) is 12.7 Å². The normalized spacial score (nSPS) is 12.4. The Morgan fingerprint density at radius 2 is 1.93 bits per heavy atom. The van der Waals surface area contributed by atoms with E-state index >= 15 is 0 Å². The third-order valence-corrected chi connectivity index (χ3v) is 3.66. The highest BCUT2D eigenvalue weighted by atomic mass is 19.2. The second-order valence-electron chi connectivity index (χ2n) is 5.41. The summed E-state index contributed by atoms with van der Waals surface area (Å²) in [5.74, 6) is -4.04. The van der Waals surface area contributed by atoms with Crippen LogP contribution in [0.5, 0.6) is 11.5 Å². The highest BCUT2D eigenvalue weighted by Crippen LogP contribution is 2.32. The lowest BCUT2D eigenvalue weighted by atomic mass is 10.2. The van der Waals surface area contributed by atoms with Crippen LogP contribution in [0.25, 0.3) is 0 Å². The van der Waals surface area contributed by atoms with E-state index in [-0.39, 0.29) is 18.9 Å². The molecule has 0 aromatic heterocycles. The molecule has 0 saturated heterocycles. The molecule has 27 heavy (non-hydrogen) atoms. The predicted molar refractivity (Wildman–Crippen MR) is 88.0 cm³/mol. The van der Waals surface area contributed by atoms with Crippen LogP contribution in [0.1, 0.15) is 5.56 Å². The second-order valence-corrected chi connectivity index (χ2v) is 5.41. The molecule has 9 heteroatoms. The molecule has 1 aliphatic heterocycles. The zero-order chi connectivity index (χ0) is 19.4. The van der Waals surface area contributed by atoms with Crippen LogP contribution in [-0.2, 0) is 11.3 Å². The van der Waals surface area contributed by atoms with Gasteiger partial charge in [-0.2, -0.15) is 5.26 Å². The van der Waals surface area contributed by atoms with Crippen LogP contribution in [0.15, 0.2) is 42.1 Å². The van der Waals surface area contributed by atoms with E-state index in [0.717, 1.165) is 18.3 Å². The van der Waals surface area contributed by atoms with Crippen molar-refractivity contribution in [1.29, 1.82) is 5.26 Å². The van der Waals surface area contributed by atoms with Crippen molar-refractivity contribution in [2.45, 2.75) is 6.54 Å². The minimum absolute atomic E-state index is 0.105. The topological polar surface area (TPSA) is 83.4 Å². The van der Waals surface area contributed by atoms with Crippen LogP contribution in [0.4, 0.5) is 18.9 Å². The third-order valence-electron chi connectivity index (χ3n) is 3.66. The number of nitriles is 1. The zero-order valence-electron chi connectivity index (χ0n) is 13.7. The van der Waals surface area contributed by atoms with Gasteiger partial charge >= 0.3 is 0 Å². The van der Waals surface area contributed by atoms with Gasteiger partial charge in [0.2, 0.25) is 6.79 Å². The van der Waals surface area contributed by atoms with Crippen molar-refractivity contribution in [2.24, 2.45) is 0 Å². The van der Waals surface area contributed by atoms with Gasteiger partial charge in [-0.1, -0.05) is 6.07 Å². The lowest BCUT2D eigenvalue weighted by molar-refractivity contribution is -0.117. The van der Waals surface area contributed by atoms with Crippen LogP contribution in [-0.4, -0.2) is 12.7 Å². The number of nitrogens with zero attached hydrogens (tertiary/aromatic N) is 1. The van der Waals surface area contributed by atoms with Crippen molar-refractivity contribution in [1.82, 2.24) is 5.32 Å². The molecule has 1 heterocycles. The van der Waals surface area contributed by atoms with Crippen LogP contribution >= 0.6 is 0 Å². The Balaban J connectivity index is 1.65. The van der Waals surface area contributed by atoms with E-state index in [1.165, 1.54) is 0 Å². The molecule has 0 saturated carbocycles. The van der Waals surface area contributed by atoms with Crippen molar-refractivity contribution in [3.05, 3.63) is 65.1 Å². The number of ether oxygens (including phenoxy) is 2. The Labute approximate surface area is 151 Å². The average molecular weight is 375 g/mol. The van der Waals surface area contributed by atoms with Crippen molar-refractivity contribution in [3.8, 4) is 17.6 Å². The smallest absolute Gasteiger partial charge is 0.263 e. The summed E-state index contributed by atoms with van der Waals surface area (Å²) < 4.78 is 50.1. The number of carbonyl (C=O) groups is 1. The summed E-state index contributed by atoms with van der Waals surface area (Å²) in [6.07, 6.45) is 0.907. The molecule has 2 aromatic rings. The number of hydrogen-bond acceptors (Lipinski definition) is 5. The van der Waals surface area contributed by atoms with Gasteiger partial charge < -0.3 is 20.1 Å². The maximum absolute atomic E-state index is 13.6. The summed E-state index contributed by atoms with van der Waals surface area (Å²) >= 11 is 0. The fraction of sp³-hybridized carbons (Fsp3) is 0.111. The Hall–Kier alpha value is -3.67. The molecule has 1 amide bonds. The summed E-state index contributed by atoms with van der Waals surface area (Å²) in [5.41, 5.74) is -0.0744. The highest BCUT2D eigenvalue weighted by Gasteiger charge is 2.15. The van der Waals surface area contributed by atoms with Crippen molar-refractivity contribution in [3.63, 3.8) is 0 Å². The van der Waals surface area contributed by atoms with Crippen LogP contribution in [0.2, 0.25) is 0 Å². The molecule has 0 fully saturated rings. The molecule has 0 unspecified atom stereocenters. The molecule has 2 aromatic carbocycles. The predicted octanol–water partition coefficient (Wildman–Crippen LogP) is 2.97. The number of carbonyl (C=O) groups excluding carboxylic acids is 1. The number of fused-ring (bicyclic) bond motifs is 1. The van der Waals surface area contributed by atoms with Crippen molar-refractivity contribution < 1.29 is 27.4 Å². The van der Waals surface area contributed by atoms with Gasteiger partial charge in [-0.15, -0.1) is 0 Å². The SMILES string of the molecule is N#C/C(=C/Nc1ccc(F)c(F)c1F)C(=O)NCc1ccc2c(c1)OCO2. The number of anilines is 1. The van der Waals surface area contributed by atoms with Gasteiger partial charge in [-0.05, 0) is 29.8 Å². The summed E-state index contributed by atoms with van der Waals surface area (Å²) in [6, 6.07) is 8.42. The Morgan fingerprint density at radius 3 is 2.70 bits per heavy atom. The fourth-order valence-electron chi connectivity index (χ4n) is 2.26. The number of benzene rings is 2. The maximum Gasteiger partial charge on any atom is 0.263 e. The molecular weight excluding hydrogens is 363 g/mol. The Bertz CT molecular complexity index is 970. The van der Waals surface area contributed by atoms with Crippen molar-refractivity contribution in [2.75, 3.05) is 12.1 Å². The molecule has 0 spiro atoms. The molecule has 2 N–H and O–H groups in total. The quantitative estimate of drug-likeness (QED) is 0.477. The van der Waals surface area contributed by atoms with Gasteiger partial charge in [-0.3, -0.25) is 4.79 Å². The molecule has 138 valence electrons.